The highest BCUT2D eigenvalue weighted by Crippen LogP contribution is 2.41. The highest BCUT2D eigenvalue weighted by Gasteiger charge is 2.38. The van der Waals surface area contributed by atoms with Gasteiger partial charge in [0.1, 0.15) is 0 Å². The van der Waals surface area contributed by atoms with Crippen molar-refractivity contribution in [3.8, 4) is 0 Å². The number of benzene rings is 1. The van der Waals surface area contributed by atoms with Crippen LogP contribution < -0.4 is 5.32 Å². The SMILES string of the molecule is Cc1cc(NC2=NC3(CCC(C)CC3)CS2)cc(C)c1Br. The Morgan fingerprint density at radius 3 is 2.48 bits per heavy atom. The molecule has 21 heavy (non-hydrogen) atoms. The number of aryl methyl sites for hydroxylation is 2. The average molecular weight is 367 g/mol. The zero-order valence-corrected chi connectivity index (χ0v) is 15.4. The number of aliphatic imine (C=N–C) groups is 1. The third-order valence-corrected chi connectivity index (χ3v) is 7.11. The van der Waals surface area contributed by atoms with E-state index < -0.39 is 0 Å². The molecule has 1 aliphatic carbocycles. The number of nitrogens with zero attached hydrogens (tertiary/aromatic N) is 1. The predicted molar refractivity (Wildman–Crippen MR) is 97.5 cm³/mol. The van der Waals surface area contributed by atoms with Gasteiger partial charge in [-0.15, -0.1) is 0 Å². The van der Waals surface area contributed by atoms with Crippen LogP contribution in [0.25, 0.3) is 0 Å². The first-order valence-electron chi connectivity index (χ1n) is 7.74. The van der Waals surface area contributed by atoms with Crippen molar-refractivity contribution < 1.29 is 0 Å². The Morgan fingerprint density at radius 1 is 1.24 bits per heavy atom. The predicted octanol–water partition coefficient (Wildman–Crippen LogP) is 5.53. The van der Waals surface area contributed by atoms with Crippen molar-refractivity contribution in [2.75, 3.05) is 11.1 Å². The molecule has 0 saturated heterocycles. The van der Waals surface area contributed by atoms with Crippen LogP contribution >= 0.6 is 27.7 Å². The highest BCUT2D eigenvalue weighted by molar-refractivity contribution is 9.10. The maximum atomic E-state index is 5.05. The second-order valence-electron chi connectivity index (χ2n) is 6.66. The van der Waals surface area contributed by atoms with Crippen LogP contribution in [0.5, 0.6) is 0 Å². The van der Waals surface area contributed by atoms with E-state index in [9.17, 15) is 0 Å². The third kappa shape index (κ3) is 3.31. The lowest BCUT2D eigenvalue weighted by molar-refractivity contribution is 0.273. The van der Waals surface area contributed by atoms with Gasteiger partial charge < -0.3 is 5.32 Å². The molecule has 1 aromatic carbocycles. The van der Waals surface area contributed by atoms with Gasteiger partial charge in [0.15, 0.2) is 5.17 Å². The van der Waals surface area contributed by atoms with E-state index in [1.165, 1.54) is 41.3 Å². The van der Waals surface area contributed by atoms with Gasteiger partial charge in [-0.25, -0.2) is 0 Å². The minimum atomic E-state index is 0.221. The van der Waals surface area contributed by atoms with Gasteiger partial charge in [-0.2, -0.15) is 0 Å². The number of thioether (sulfide) groups is 1. The topological polar surface area (TPSA) is 24.4 Å². The van der Waals surface area contributed by atoms with Gasteiger partial charge in [0, 0.05) is 15.9 Å². The van der Waals surface area contributed by atoms with Crippen LogP contribution in [0, 0.1) is 19.8 Å². The molecule has 4 heteroatoms. The maximum absolute atomic E-state index is 5.05. The van der Waals surface area contributed by atoms with Crippen molar-refractivity contribution in [1.82, 2.24) is 0 Å². The number of halogens is 1. The first kappa shape index (κ1) is 15.4. The summed E-state index contributed by atoms with van der Waals surface area (Å²) in [5.41, 5.74) is 3.91. The van der Waals surface area contributed by atoms with E-state index in [2.05, 4.69) is 54.2 Å². The van der Waals surface area contributed by atoms with Crippen molar-refractivity contribution >= 4 is 38.5 Å². The van der Waals surface area contributed by atoms with Crippen LogP contribution in [0.15, 0.2) is 21.6 Å². The van der Waals surface area contributed by atoms with E-state index in [1.54, 1.807) is 0 Å². The summed E-state index contributed by atoms with van der Waals surface area (Å²) in [6.45, 7) is 6.64. The lowest BCUT2D eigenvalue weighted by Crippen LogP contribution is -2.32. The Hall–Kier alpha value is -0.480. The van der Waals surface area contributed by atoms with Gasteiger partial charge in [0.25, 0.3) is 0 Å². The molecule has 0 bridgehead atoms. The number of hydrogen-bond donors (Lipinski definition) is 1. The molecule has 1 spiro atoms. The smallest absolute Gasteiger partial charge is 0.161 e. The molecule has 1 aliphatic heterocycles. The fraction of sp³-hybridized carbons (Fsp3) is 0.588. The Labute approximate surface area is 140 Å². The average Bonchev–Trinajstić information content (AvgIpc) is 2.83. The van der Waals surface area contributed by atoms with E-state index in [0.717, 1.165) is 22.5 Å². The fourth-order valence-electron chi connectivity index (χ4n) is 3.24. The number of nitrogens with one attached hydrogen (secondary N) is 1. The monoisotopic (exact) mass is 366 g/mol. The normalized spacial score (nSPS) is 28.8. The summed E-state index contributed by atoms with van der Waals surface area (Å²) >= 11 is 5.51. The number of hydrogen-bond acceptors (Lipinski definition) is 3. The van der Waals surface area contributed by atoms with E-state index in [-0.39, 0.29) is 5.54 Å². The van der Waals surface area contributed by atoms with E-state index in [1.807, 2.05) is 11.8 Å². The molecule has 3 rings (SSSR count). The summed E-state index contributed by atoms with van der Waals surface area (Å²) in [5.74, 6) is 2.03. The molecule has 2 nitrogen and oxygen atoms in total. The summed E-state index contributed by atoms with van der Waals surface area (Å²) in [6.07, 6.45) is 5.16. The Morgan fingerprint density at radius 2 is 1.86 bits per heavy atom. The van der Waals surface area contributed by atoms with Crippen molar-refractivity contribution in [3.05, 3.63) is 27.7 Å². The van der Waals surface area contributed by atoms with Gasteiger partial charge in [-0.1, -0.05) is 34.6 Å². The second-order valence-corrected chi connectivity index (χ2v) is 8.42. The summed E-state index contributed by atoms with van der Waals surface area (Å²) in [6, 6.07) is 4.38. The van der Waals surface area contributed by atoms with Gasteiger partial charge in [-0.3, -0.25) is 4.99 Å². The molecule has 0 aromatic heterocycles. The van der Waals surface area contributed by atoms with Crippen LogP contribution in [0.2, 0.25) is 0 Å². The van der Waals surface area contributed by atoms with E-state index in [0.29, 0.717) is 0 Å². The van der Waals surface area contributed by atoms with Crippen LogP contribution in [0.3, 0.4) is 0 Å². The molecule has 114 valence electrons. The summed E-state index contributed by atoms with van der Waals surface area (Å²) in [4.78, 5) is 5.05. The van der Waals surface area contributed by atoms with E-state index >= 15 is 0 Å². The molecule has 2 aliphatic rings. The molecule has 0 amide bonds. The number of amidine groups is 1. The summed E-state index contributed by atoms with van der Waals surface area (Å²) < 4.78 is 1.20. The molecular formula is C17H23BrN2S. The Bertz CT molecular complexity index is 551. The quantitative estimate of drug-likeness (QED) is 0.706. The number of anilines is 1. The largest absolute Gasteiger partial charge is 0.335 e. The van der Waals surface area contributed by atoms with Crippen molar-refractivity contribution in [2.24, 2.45) is 10.9 Å². The maximum Gasteiger partial charge on any atom is 0.161 e. The molecule has 0 unspecified atom stereocenters. The van der Waals surface area contributed by atoms with Crippen LogP contribution in [-0.4, -0.2) is 16.5 Å². The van der Waals surface area contributed by atoms with Gasteiger partial charge >= 0.3 is 0 Å². The third-order valence-electron chi connectivity index (χ3n) is 4.71. The van der Waals surface area contributed by atoms with Gasteiger partial charge in [-0.05, 0) is 68.7 Å². The molecule has 1 aromatic rings. The molecule has 1 saturated carbocycles. The number of rotatable bonds is 1. The Balaban J connectivity index is 1.74. The lowest BCUT2D eigenvalue weighted by Gasteiger charge is -2.32. The summed E-state index contributed by atoms with van der Waals surface area (Å²) in [7, 11) is 0. The molecule has 1 N–H and O–H groups in total. The minimum absolute atomic E-state index is 0.221. The first-order valence-corrected chi connectivity index (χ1v) is 9.52. The van der Waals surface area contributed by atoms with E-state index in [4.69, 9.17) is 4.99 Å². The Kier molecular flexibility index (Phi) is 4.37. The van der Waals surface area contributed by atoms with Gasteiger partial charge in [0.2, 0.25) is 0 Å². The second kappa shape index (κ2) is 5.96. The van der Waals surface area contributed by atoms with Crippen LogP contribution in [0.1, 0.15) is 43.7 Å². The molecule has 1 fully saturated rings. The standard InChI is InChI=1S/C17H23BrN2S/c1-11-4-6-17(7-5-11)10-21-16(20-17)19-14-8-12(2)15(18)13(3)9-14/h8-9,11H,4-7,10H2,1-3H3,(H,19,20). The molecule has 1 heterocycles. The molecule has 0 atom stereocenters. The molecule has 0 radical (unpaired) electrons. The highest BCUT2D eigenvalue weighted by atomic mass is 79.9. The fourth-order valence-corrected chi connectivity index (χ4v) is 4.68. The van der Waals surface area contributed by atoms with Crippen molar-refractivity contribution in [1.29, 1.82) is 0 Å². The lowest BCUT2D eigenvalue weighted by atomic mass is 9.79. The zero-order chi connectivity index (χ0) is 15.0. The van der Waals surface area contributed by atoms with Crippen LogP contribution in [0.4, 0.5) is 5.69 Å². The minimum Gasteiger partial charge on any atom is -0.335 e. The molecular weight excluding hydrogens is 344 g/mol. The zero-order valence-electron chi connectivity index (χ0n) is 13.0. The van der Waals surface area contributed by atoms with Crippen molar-refractivity contribution in [3.63, 3.8) is 0 Å². The summed E-state index contributed by atoms with van der Waals surface area (Å²) in [5, 5.41) is 4.63. The van der Waals surface area contributed by atoms with Crippen molar-refractivity contribution in [2.45, 2.75) is 52.0 Å². The first-order chi connectivity index (χ1) is 9.97. The van der Waals surface area contributed by atoms with Crippen LogP contribution in [-0.2, 0) is 0 Å². The van der Waals surface area contributed by atoms with Gasteiger partial charge in [0.05, 0.1) is 5.54 Å².